The highest BCUT2D eigenvalue weighted by atomic mass is 35.5. The van der Waals surface area contributed by atoms with Crippen LogP contribution in [0.25, 0.3) is 0 Å². The number of anilines is 1. The van der Waals surface area contributed by atoms with E-state index in [1.165, 1.54) is 6.92 Å². The Morgan fingerprint density at radius 1 is 1.00 bits per heavy atom. The van der Waals surface area contributed by atoms with Gasteiger partial charge in [-0.1, -0.05) is 29.3 Å². The lowest BCUT2D eigenvalue weighted by Crippen LogP contribution is -2.13. The van der Waals surface area contributed by atoms with Gasteiger partial charge in [0.1, 0.15) is 0 Å². The van der Waals surface area contributed by atoms with Crippen LogP contribution in [0.5, 0.6) is 0 Å². The number of amides is 1. The van der Waals surface area contributed by atoms with Crippen molar-refractivity contribution in [1.82, 2.24) is 0 Å². The quantitative estimate of drug-likeness (QED) is 0.853. The van der Waals surface area contributed by atoms with Crippen molar-refractivity contribution in [3.05, 3.63) is 63.7 Å². The minimum Gasteiger partial charge on any atom is -0.322 e. The molecule has 0 fully saturated rings. The second kappa shape index (κ2) is 6.10. The van der Waals surface area contributed by atoms with Gasteiger partial charge >= 0.3 is 0 Å². The average molecular weight is 302 g/mol. The molecule has 0 saturated heterocycles. The van der Waals surface area contributed by atoms with Crippen molar-refractivity contribution in [2.24, 2.45) is 0 Å². The molecule has 2 aromatic rings. The number of Topliss-reactive ketones (excluding diaryl/α,β-unsaturated/α-hetero) is 1. The van der Waals surface area contributed by atoms with Crippen molar-refractivity contribution in [2.75, 3.05) is 5.32 Å². The third-order valence-electron chi connectivity index (χ3n) is 3.24. The van der Waals surface area contributed by atoms with E-state index < -0.39 is 0 Å². The lowest BCUT2D eigenvalue weighted by atomic mass is 10.0. The van der Waals surface area contributed by atoms with Crippen LogP contribution in [-0.4, -0.2) is 11.7 Å². The maximum atomic E-state index is 12.3. The van der Waals surface area contributed by atoms with Gasteiger partial charge in [-0.15, -0.1) is 0 Å². The Morgan fingerprint density at radius 2 is 1.71 bits per heavy atom. The first-order chi connectivity index (χ1) is 9.88. The first-order valence-corrected chi connectivity index (χ1v) is 6.95. The SMILES string of the molecule is CC(=O)c1ccc(NC(=O)c2cc(C)ccc2C)cc1Cl. The Hall–Kier alpha value is -2.13. The zero-order valence-corrected chi connectivity index (χ0v) is 12.9. The predicted molar refractivity (Wildman–Crippen MR) is 85.3 cm³/mol. The predicted octanol–water partition coefficient (Wildman–Crippen LogP) is 4.41. The zero-order chi connectivity index (χ0) is 15.6. The Morgan fingerprint density at radius 3 is 2.33 bits per heavy atom. The minimum atomic E-state index is -0.192. The molecule has 108 valence electrons. The van der Waals surface area contributed by atoms with Crippen LogP contribution in [0, 0.1) is 13.8 Å². The normalized spacial score (nSPS) is 10.3. The summed E-state index contributed by atoms with van der Waals surface area (Å²) in [7, 11) is 0. The lowest BCUT2D eigenvalue weighted by molar-refractivity contribution is 0.101. The summed E-state index contributed by atoms with van der Waals surface area (Å²) in [5.41, 5.74) is 3.57. The molecule has 2 aromatic carbocycles. The molecular weight excluding hydrogens is 286 g/mol. The summed E-state index contributed by atoms with van der Waals surface area (Å²) in [4.78, 5) is 23.6. The Balaban J connectivity index is 2.26. The number of aryl methyl sites for hydroxylation is 2. The van der Waals surface area contributed by atoms with E-state index in [1.807, 2.05) is 32.0 Å². The summed E-state index contributed by atoms with van der Waals surface area (Å²) in [6, 6.07) is 10.6. The maximum absolute atomic E-state index is 12.3. The van der Waals surface area contributed by atoms with Gasteiger partial charge in [0, 0.05) is 16.8 Å². The summed E-state index contributed by atoms with van der Waals surface area (Å²) in [5, 5.41) is 3.13. The van der Waals surface area contributed by atoms with Gasteiger partial charge in [0.05, 0.1) is 5.02 Å². The van der Waals surface area contributed by atoms with Gasteiger partial charge in [-0.2, -0.15) is 0 Å². The number of halogens is 1. The van der Waals surface area contributed by atoms with Crippen LogP contribution in [0.3, 0.4) is 0 Å². The molecule has 3 nitrogen and oxygen atoms in total. The summed E-state index contributed by atoms with van der Waals surface area (Å²) in [6.07, 6.45) is 0. The fraction of sp³-hybridized carbons (Fsp3) is 0.176. The van der Waals surface area contributed by atoms with Crippen molar-refractivity contribution in [3.63, 3.8) is 0 Å². The van der Waals surface area contributed by atoms with E-state index in [0.717, 1.165) is 11.1 Å². The maximum Gasteiger partial charge on any atom is 0.255 e. The number of hydrogen-bond acceptors (Lipinski definition) is 2. The van der Waals surface area contributed by atoms with Crippen LogP contribution in [0.2, 0.25) is 5.02 Å². The standard InChI is InChI=1S/C17H16ClNO2/c1-10-4-5-11(2)15(8-10)17(21)19-13-6-7-14(12(3)20)16(18)9-13/h4-9H,1-3H3,(H,19,21). The molecule has 0 unspecified atom stereocenters. The molecule has 2 rings (SSSR count). The highest BCUT2D eigenvalue weighted by Gasteiger charge is 2.11. The van der Waals surface area contributed by atoms with Crippen molar-refractivity contribution in [1.29, 1.82) is 0 Å². The van der Waals surface area contributed by atoms with Crippen LogP contribution in [0.1, 0.15) is 38.8 Å². The monoisotopic (exact) mass is 301 g/mol. The van der Waals surface area contributed by atoms with Crippen molar-refractivity contribution < 1.29 is 9.59 Å². The van der Waals surface area contributed by atoms with Gasteiger partial charge in [0.2, 0.25) is 0 Å². The first kappa shape index (κ1) is 15.3. The molecule has 0 aromatic heterocycles. The third-order valence-corrected chi connectivity index (χ3v) is 3.56. The molecule has 0 bridgehead atoms. The molecule has 21 heavy (non-hydrogen) atoms. The Bertz CT molecular complexity index is 723. The lowest BCUT2D eigenvalue weighted by Gasteiger charge is -2.10. The number of ketones is 1. The van der Waals surface area contributed by atoms with Gasteiger partial charge in [0.15, 0.2) is 5.78 Å². The van der Waals surface area contributed by atoms with E-state index >= 15 is 0 Å². The smallest absolute Gasteiger partial charge is 0.255 e. The van der Waals surface area contributed by atoms with Crippen LogP contribution in [0.4, 0.5) is 5.69 Å². The van der Waals surface area contributed by atoms with Gasteiger partial charge in [-0.05, 0) is 50.6 Å². The molecule has 0 atom stereocenters. The number of rotatable bonds is 3. The minimum absolute atomic E-state index is 0.104. The number of nitrogens with one attached hydrogen (secondary N) is 1. The van der Waals surface area contributed by atoms with E-state index in [-0.39, 0.29) is 11.7 Å². The van der Waals surface area contributed by atoms with Crippen molar-refractivity contribution >= 4 is 29.0 Å². The molecule has 0 aliphatic carbocycles. The summed E-state index contributed by atoms with van der Waals surface area (Å²) in [6.45, 7) is 5.28. The van der Waals surface area contributed by atoms with Gasteiger partial charge in [0.25, 0.3) is 5.91 Å². The van der Waals surface area contributed by atoms with Crippen molar-refractivity contribution in [2.45, 2.75) is 20.8 Å². The van der Waals surface area contributed by atoms with Crippen LogP contribution in [0.15, 0.2) is 36.4 Å². The first-order valence-electron chi connectivity index (χ1n) is 6.57. The summed E-state index contributed by atoms with van der Waals surface area (Å²) in [5.74, 6) is -0.296. The van der Waals surface area contributed by atoms with Gasteiger partial charge in [-0.25, -0.2) is 0 Å². The highest BCUT2D eigenvalue weighted by molar-refractivity contribution is 6.34. The highest BCUT2D eigenvalue weighted by Crippen LogP contribution is 2.22. The molecule has 0 heterocycles. The molecule has 0 aliphatic rings. The van der Waals surface area contributed by atoms with E-state index in [0.29, 0.717) is 21.8 Å². The molecule has 0 spiro atoms. The van der Waals surface area contributed by atoms with Crippen molar-refractivity contribution in [3.8, 4) is 0 Å². The second-order valence-corrected chi connectivity index (χ2v) is 5.43. The van der Waals surface area contributed by atoms with Crippen LogP contribution >= 0.6 is 11.6 Å². The molecule has 4 heteroatoms. The molecule has 0 aliphatic heterocycles. The van der Waals surface area contributed by atoms with E-state index in [2.05, 4.69) is 5.32 Å². The Labute approximate surface area is 128 Å². The Kier molecular flexibility index (Phi) is 4.43. The number of hydrogen-bond donors (Lipinski definition) is 1. The molecule has 0 saturated carbocycles. The second-order valence-electron chi connectivity index (χ2n) is 5.02. The third kappa shape index (κ3) is 3.50. The van der Waals surface area contributed by atoms with Crippen LogP contribution in [-0.2, 0) is 0 Å². The fourth-order valence-corrected chi connectivity index (χ4v) is 2.37. The number of benzene rings is 2. The molecule has 1 N–H and O–H groups in total. The van der Waals surface area contributed by atoms with Gasteiger partial charge < -0.3 is 5.32 Å². The zero-order valence-electron chi connectivity index (χ0n) is 12.2. The summed E-state index contributed by atoms with van der Waals surface area (Å²) >= 11 is 6.04. The van der Waals surface area contributed by atoms with E-state index in [9.17, 15) is 9.59 Å². The molecular formula is C17H16ClNO2. The number of carbonyl (C=O) groups is 2. The van der Waals surface area contributed by atoms with Gasteiger partial charge in [-0.3, -0.25) is 9.59 Å². The molecule has 0 radical (unpaired) electrons. The average Bonchev–Trinajstić information content (AvgIpc) is 2.41. The molecule has 1 amide bonds. The topological polar surface area (TPSA) is 46.2 Å². The fourth-order valence-electron chi connectivity index (χ4n) is 2.06. The summed E-state index contributed by atoms with van der Waals surface area (Å²) < 4.78 is 0. The van der Waals surface area contributed by atoms with E-state index in [1.54, 1.807) is 18.2 Å². The van der Waals surface area contributed by atoms with Crippen LogP contribution < -0.4 is 5.32 Å². The largest absolute Gasteiger partial charge is 0.322 e. The number of carbonyl (C=O) groups excluding carboxylic acids is 2. The van der Waals surface area contributed by atoms with E-state index in [4.69, 9.17) is 11.6 Å².